The average Bonchev–Trinajstić information content (AvgIpc) is 2.86. The SMILES string of the molecule is COc1ccc(C2=NOC(CO)C2)c(Cl)c1OC. The van der Waals surface area contributed by atoms with Crippen LogP contribution in [0.1, 0.15) is 12.0 Å². The van der Waals surface area contributed by atoms with Crippen molar-refractivity contribution < 1.29 is 19.4 Å². The minimum Gasteiger partial charge on any atom is -0.493 e. The summed E-state index contributed by atoms with van der Waals surface area (Å²) in [5, 5.41) is 13.4. The second-order valence-electron chi connectivity index (χ2n) is 3.81. The molecule has 5 nitrogen and oxygen atoms in total. The molecule has 0 bridgehead atoms. The van der Waals surface area contributed by atoms with E-state index in [4.69, 9.17) is 31.0 Å². The van der Waals surface area contributed by atoms with Gasteiger partial charge in [0.25, 0.3) is 0 Å². The van der Waals surface area contributed by atoms with Gasteiger partial charge < -0.3 is 19.4 Å². The number of halogens is 1. The molecule has 1 heterocycles. The topological polar surface area (TPSA) is 60.3 Å². The summed E-state index contributed by atoms with van der Waals surface area (Å²) in [4.78, 5) is 5.06. The second-order valence-corrected chi connectivity index (χ2v) is 4.19. The highest BCUT2D eigenvalue weighted by molar-refractivity contribution is 6.36. The number of aliphatic hydroxyl groups is 1. The molecule has 1 aliphatic rings. The molecule has 0 aromatic heterocycles. The van der Waals surface area contributed by atoms with Gasteiger partial charge in [0.15, 0.2) is 17.6 Å². The first kappa shape index (κ1) is 13.0. The van der Waals surface area contributed by atoms with Gasteiger partial charge in [-0.05, 0) is 12.1 Å². The van der Waals surface area contributed by atoms with Gasteiger partial charge in [-0.25, -0.2) is 0 Å². The predicted octanol–water partition coefficient (Wildman–Crippen LogP) is 1.84. The first-order valence-electron chi connectivity index (χ1n) is 5.45. The van der Waals surface area contributed by atoms with Crippen molar-refractivity contribution in [3.8, 4) is 11.5 Å². The van der Waals surface area contributed by atoms with Crippen molar-refractivity contribution >= 4 is 17.3 Å². The lowest BCUT2D eigenvalue weighted by molar-refractivity contribution is 0.0390. The van der Waals surface area contributed by atoms with Crippen LogP contribution in [0.25, 0.3) is 0 Å². The molecule has 1 unspecified atom stereocenters. The summed E-state index contributed by atoms with van der Waals surface area (Å²) in [6.45, 7) is -0.0715. The third-order valence-corrected chi connectivity index (χ3v) is 3.11. The van der Waals surface area contributed by atoms with Gasteiger partial charge in [-0.1, -0.05) is 16.8 Å². The number of benzene rings is 1. The van der Waals surface area contributed by atoms with Gasteiger partial charge in [0.05, 0.1) is 31.6 Å². The van der Waals surface area contributed by atoms with Gasteiger partial charge in [-0.3, -0.25) is 0 Å². The molecule has 1 atom stereocenters. The highest BCUT2D eigenvalue weighted by atomic mass is 35.5. The second kappa shape index (κ2) is 5.46. The lowest BCUT2D eigenvalue weighted by atomic mass is 10.0. The molecular weight excluding hydrogens is 258 g/mol. The number of rotatable bonds is 4. The van der Waals surface area contributed by atoms with Crippen molar-refractivity contribution in [3.05, 3.63) is 22.7 Å². The van der Waals surface area contributed by atoms with Gasteiger partial charge in [0.2, 0.25) is 0 Å². The van der Waals surface area contributed by atoms with Gasteiger partial charge in [-0.15, -0.1) is 0 Å². The van der Waals surface area contributed by atoms with E-state index in [1.165, 1.54) is 7.11 Å². The molecule has 18 heavy (non-hydrogen) atoms. The van der Waals surface area contributed by atoms with E-state index in [-0.39, 0.29) is 12.7 Å². The molecule has 0 spiro atoms. The largest absolute Gasteiger partial charge is 0.493 e. The van der Waals surface area contributed by atoms with Gasteiger partial charge in [0, 0.05) is 12.0 Å². The van der Waals surface area contributed by atoms with Crippen molar-refractivity contribution in [1.82, 2.24) is 0 Å². The predicted molar refractivity (Wildman–Crippen MR) is 67.7 cm³/mol. The quantitative estimate of drug-likeness (QED) is 0.908. The van der Waals surface area contributed by atoms with Crippen LogP contribution in [0.4, 0.5) is 0 Å². The molecular formula is C12H14ClNO4. The third kappa shape index (κ3) is 2.23. The van der Waals surface area contributed by atoms with Gasteiger partial charge in [-0.2, -0.15) is 0 Å². The summed E-state index contributed by atoms with van der Waals surface area (Å²) < 4.78 is 10.4. The van der Waals surface area contributed by atoms with Crippen LogP contribution in [-0.4, -0.2) is 37.7 Å². The molecule has 2 rings (SSSR count). The smallest absolute Gasteiger partial charge is 0.180 e. The number of ether oxygens (including phenoxy) is 2. The number of hydrogen-bond acceptors (Lipinski definition) is 5. The molecule has 1 aromatic carbocycles. The normalized spacial score (nSPS) is 18.2. The summed E-state index contributed by atoms with van der Waals surface area (Å²) in [6, 6.07) is 3.56. The summed E-state index contributed by atoms with van der Waals surface area (Å²) in [7, 11) is 3.07. The Morgan fingerprint density at radius 2 is 2.22 bits per heavy atom. The fraction of sp³-hybridized carbons (Fsp3) is 0.417. The van der Waals surface area contributed by atoms with Gasteiger partial charge in [0.1, 0.15) is 0 Å². The zero-order chi connectivity index (χ0) is 13.1. The van der Waals surface area contributed by atoms with Crippen LogP contribution in [0, 0.1) is 0 Å². The Balaban J connectivity index is 2.35. The molecule has 98 valence electrons. The summed E-state index contributed by atoms with van der Waals surface area (Å²) in [6.07, 6.45) is 0.218. The minimum atomic E-state index is -0.302. The zero-order valence-electron chi connectivity index (χ0n) is 10.1. The van der Waals surface area contributed by atoms with E-state index in [2.05, 4.69) is 5.16 Å². The number of oxime groups is 1. The fourth-order valence-corrected chi connectivity index (χ4v) is 2.14. The van der Waals surface area contributed by atoms with Crippen LogP contribution in [0.2, 0.25) is 5.02 Å². The molecule has 1 N–H and O–H groups in total. The standard InChI is InChI=1S/C12H14ClNO4/c1-16-10-4-3-8(11(13)12(10)17-2)9-5-7(6-15)18-14-9/h3-4,7,15H,5-6H2,1-2H3. The van der Waals surface area contributed by atoms with Crippen LogP contribution < -0.4 is 9.47 Å². The van der Waals surface area contributed by atoms with Crippen molar-refractivity contribution in [2.75, 3.05) is 20.8 Å². The number of methoxy groups -OCH3 is 2. The van der Waals surface area contributed by atoms with Crippen molar-refractivity contribution in [1.29, 1.82) is 0 Å². The Kier molecular flexibility index (Phi) is 3.93. The van der Waals surface area contributed by atoms with Crippen LogP contribution in [0.3, 0.4) is 0 Å². The Hall–Kier alpha value is -1.46. The minimum absolute atomic E-state index is 0.0715. The lowest BCUT2D eigenvalue weighted by Crippen LogP contribution is -2.13. The first-order valence-corrected chi connectivity index (χ1v) is 5.83. The van der Waals surface area contributed by atoms with Crippen molar-refractivity contribution in [2.24, 2.45) is 5.16 Å². The van der Waals surface area contributed by atoms with E-state index in [1.54, 1.807) is 19.2 Å². The number of aliphatic hydroxyl groups excluding tert-OH is 1. The maximum atomic E-state index is 9.01. The van der Waals surface area contributed by atoms with E-state index >= 15 is 0 Å². The fourth-order valence-electron chi connectivity index (χ4n) is 1.80. The van der Waals surface area contributed by atoms with E-state index < -0.39 is 0 Å². The average molecular weight is 272 g/mol. The molecule has 0 saturated heterocycles. The van der Waals surface area contributed by atoms with Crippen LogP contribution >= 0.6 is 11.6 Å². The number of hydrogen-bond donors (Lipinski definition) is 1. The van der Waals surface area contributed by atoms with Gasteiger partial charge >= 0.3 is 0 Å². The highest BCUT2D eigenvalue weighted by Crippen LogP contribution is 2.38. The molecule has 1 aliphatic heterocycles. The van der Waals surface area contributed by atoms with E-state index in [0.29, 0.717) is 28.7 Å². The van der Waals surface area contributed by atoms with Crippen LogP contribution in [-0.2, 0) is 4.84 Å². The van der Waals surface area contributed by atoms with E-state index in [0.717, 1.165) is 5.56 Å². The number of nitrogens with zero attached hydrogens (tertiary/aromatic N) is 1. The Bertz CT molecular complexity index is 475. The molecule has 0 saturated carbocycles. The summed E-state index contributed by atoms with van der Waals surface area (Å²) in [5.41, 5.74) is 1.42. The maximum absolute atomic E-state index is 9.01. The molecule has 1 aromatic rings. The molecule has 0 fully saturated rings. The lowest BCUT2D eigenvalue weighted by Gasteiger charge is -2.12. The van der Waals surface area contributed by atoms with Crippen molar-refractivity contribution in [2.45, 2.75) is 12.5 Å². The molecule has 6 heteroatoms. The Morgan fingerprint density at radius 1 is 1.44 bits per heavy atom. The van der Waals surface area contributed by atoms with Crippen molar-refractivity contribution in [3.63, 3.8) is 0 Å². The Labute approximate surface area is 110 Å². The Morgan fingerprint density at radius 3 is 2.78 bits per heavy atom. The summed E-state index contributed by atoms with van der Waals surface area (Å²) >= 11 is 6.26. The molecule has 0 amide bonds. The third-order valence-electron chi connectivity index (χ3n) is 2.73. The van der Waals surface area contributed by atoms with E-state index in [9.17, 15) is 0 Å². The summed E-state index contributed by atoms with van der Waals surface area (Å²) in [5.74, 6) is 1.02. The van der Waals surface area contributed by atoms with Crippen LogP contribution in [0.15, 0.2) is 17.3 Å². The first-order chi connectivity index (χ1) is 8.71. The molecule has 0 radical (unpaired) electrons. The van der Waals surface area contributed by atoms with Crippen LogP contribution in [0.5, 0.6) is 11.5 Å². The highest BCUT2D eigenvalue weighted by Gasteiger charge is 2.25. The molecule has 0 aliphatic carbocycles. The van der Waals surface area contributed by atoms with E-state index in [1.807, 2.05) is 0 Å². The maximum Gasteiger partial charge on any atom is 0.180 e. The zero-order valence-corrected chi connectivity index (χ0v) is 10.9. The monoisotopic (exact) mass is 271 g/mol.